The van der Waals surface area contributed by atoms with Gasteiger partial charge in [0.2, 0.25) is 5.91 Å². The first-order valence-electron chi connectivity index (χ1n) is 5.85. The van der Waals surface area contributed by atoms with E-state index in [4.69, 9.17) is 0 Å². The summed E-state index contributed by atoms with van der Waals surface area (Å²) in [7, 11) is 0. The topological polar surface area (TPSA) is 50.3 Å². The first-order chi connectivity index (χ1) is 8.16. The third kappa shape index (κ3) is 3.12. The van der Waals surface area contributed by atoms with Crippen molar-refractivity contribution in [1.29, 1.82) is 0 Å². The molecule has 1 amide bonds. The van der Waals surface area contributed by atoms with E-state index in [1.807, 2.05) is 12.3 Å². The number of amides is 1. The molecule has 4 nitrogen and oxygen atoms in total. The molecule has 2 heterocycles. The van der Waals surface area contributed by atoms with Gasteiger partial charge in [0.25, 0.3) is 0 Å². The summed E-state index contributed by atoms with van der Waals surface area (Å²) in [4.78, 5) is 29.3. The van der Waals surface area contributed by atoms with Crippen molar-refractivity contribution in [2.45, 2.75) is 26.2 Å². The number of ketones is 1. The average Bonchev–Trinajstić information content (AvgIpc) is 2.82. The monoisotopic (exact) mass is 252 g/mol. The van der Waals surface area contributed by atoms with Gasteiger partial charge in [-0.1, -0.05) is 6.92 Å². The molecule has 0 N–H and O–H groups in total. The molecule has 1 fully saturated rings. The van der Waals surface area contributed by atoms with E-state index in [0.29, 0.717) is 32.4 Å². The predicted molar refractivity (Wildman–Crippen MR) is 65.8 cm³/mol. The molecule has 1 aromatic heterocycles. The van der Waals surface area contributed by atoms with E-state index in [1.54, 1.807) is 22.4 Å². The Kier molecular flexibility index (Phi) is 3.89. The first-order valence-corrected chi connectivity index (χ1v) is 6.73. The van der Waals surface area contributed by atoms with E-state index < -0.39 is 0 Å². The van der Waals surface area contributed by atoms with Crippen molar-refractivity contribution in [2.24, 2.45) is 5.92 Å². The summed E-state index contributed by atoms with van der Waals surface area (Å²) < 4.78 is 0. The number of piperidine rings is 1. The van der Waals surface area contributed by atoms with Gasteiger partial charge in [-0.05, 0) is 0 Å². The third-order valence-electron chi connectivity index (χ3n) is 3.06. The molecule has 17 heavy (non-hydrogen) atoms. The lowest BCUT2D eigenvalue weighted by Gasteiger charge is -2.30. The summed E-state index contributed by atoms with van der Waals surface area (Å²) in [6.45, 7) is 3.05. The summed E-state index contributed by atoms with van der Waals surface area (Å²) in [5.41, 5.74) is 0. The zero-order valence-electron chi connectivity index (χ0n) is 9.89. The zero-order valence-corrected chi connectivity index (χ0v) is 10.7. The molecule has 0 saturated carbocycles. The smallest absolute Gasteiger partial charge is 0.223 e. The molecule has 5 heteroatoms. The average molecular weight is 252 g/mol. The minimum Gasteiger partial charge on any atom is -0.342 e. The second-order valence-electron chi connectivity index (χ2n) is 4.38. The van der Waals surface area contributed by atoms with Gasteiger partial charge in [0.15, 0.2) is 0 Å². The highest BCUT2D eigenvalue weighted by molar-refractivity contribution is 7.09. The van der Waals surface area contributed by atoms with Gasteiger partial charge in [-0.3, -0.25) is 9.59 Å². The molecule has 0 aliphatic carbocycles. The number of likely N-dealkylation sites (tertiary alicyclic amines) is 1. The molecule has 1 atom stereocenters. The highest BCUT2D eigenvalue weighted by Crippen LogP contribution is 2.14. The number of carbonyl (C=O) groups excluding carboxylic acids is 2. The van der Waals surface area contributed by atoms with Gasteiger partial charge in [0.05, 0.1) is 5.01 Å². The number of aromatic nitrogens is 1. The van der Waals surface area contributed by atoms with Crippen LogP contribution < -0.4 is 0 Å². The van der Waals surface area contributed by atoms with E-state index in [0.717, 1.165) is 5.01 Å². The molecule has 1 saturated heterocycles. The number of hydrogen-bond donors (Lipinski definition) is 0. The van der Waals surface area contributed by atoms with Gasteiger partial charge in [0, 0.05) is 49.8 Å². The van der Waals surface area contributed by atoms with Gasteiger partial charge in [-0.25, -0.2) is 4.98 Å². The molecular weight excluding hydrogens is 236 g/mol. The van der Waals surface area contributed by atoms with Crippen molar-refractivity contribution in [1.82, 2.24) is 9.88 Å². The van der Waals surface area contributed by atoms with Crippen molar-refractivity contribution >= 4 is 23.0 Å². The third-order valence-corrected chi connectivity index (χ3v) is 3.90. The van der Waals surface area contributed by atoms with Crippen LogP contribution in [-0.2, 0) is 16.0 Å². The van der Waals surface area contributed by atoms with Crippen molar-refractivity contribution < 1.29 is 9.59 Å². The number of rotatable bonds is 3. The molecule has 0 aromatic carbocycles. The second kappa shape index (κ2) is 5.40. The first kappa shape index (κ1) is 12.2. The number of aryl methyl sites for hydroxylation is 1. The van der Waals surface area contributed by atoms with Crippen molar-refractivity contribution in [3.8, 4) is 0 Å². The van der Waals surface area contributed by atoms with Crippen LogP contribution in [0.2, 0.25) is 0 Å². The molecule has 0 bridgehead atoms. The van der Waals surface area contributed by atoms with Crippen LogP contribution in [0.3, 0.4) is 0 Å². The molecule has 0 unspecified atom stereocenters. The van der Waals surface area contributed by atoms with Crippen LogP contribution >= 0.6 is 11.3 Å². The molecular formula is C12H16N2O2S. The molecule has 1 aromatic rings. The Balaban J connectivity index is 1.82. The second-order valence-corrected chi connectivity index (χ2v) is 5.36. The summed E-state index contributed by atoms with van der Waals surface area (Å²) in [6.07, 6.45) is 3.46. The van der Waals surface area contributed by atoms with Crippen LogP contribution in [0.1, 0.15) is 24.8 Å². The number of hydrogen-bond acceptors (Lipinski definition) is 4. The van der Waals surface area contributed by atoms with Gasteiger partial charge in [-0.2, -0.15) is 0 Å². The summed E-state index contributed by atoms with van der Waals surface area (Å²) in [6, 6.07) is 0. The maximum absolute atomic E-state index is 11.9. The summed E-state index contributed by atoms with van der Waals surface area (Å²) in [5.74, 6) is 0.404. The van der Waals surface area contributed by atoms with Crippen LogP contribution in [0, 0.1) is 5.92 Å². The molecule has 1 aliphatic rings. The zero-order chi connectivity index (χ0) is 12.3. The Morgan fingerprint density at radius 3 is 3.12 bits per heavy atom. The Bertz CT molecular complexity index is 403. The van der Waals surface area contributed by atoms with Gasteiger partial charge in [0.1, 0.15) is 5.78 Å². The standard InChI is InChI=1S/C12H16N2O2S/c1-9-8-14(6-4-10(9)15)12(16)3-2-11-13-5-7-17-11/h5,7,9H,2-4,6,8H2,1H3/t9-/m1/s1. The molecule has 1 aliphatic heterocycles. The van der Waals surface area contributed by atoms with Gasteiger partial charge >= 0.3 is 0 Å². The van der Waals surface area contributed by atoms with E-state index >= 15 is 0 Å². The Morgan fingerprint density at radius 2 is 2.47 bits per heavy atom. The normalized spacial score (nSPS) is 20.6. The number of thiazole rings is 1. The minimum absolute atomic E-state index is 0.00689. The van der Waals surface area contributed by atoms with E-state index in [9.17, 15) is 9.59 Å². The van der Waals surface area contributed by atoms with Crippen LogP contribution in [0.5, 0.6) is 0 Å². The van der Waals surface area contributed by atoms with Crippen LogP contribution in [0.15, 0.2) is 11.6 Å². The highest BCUT2D eigenvalue weighted by atomic mass is 32.1. The van der Waals surface area contributed by atoms with Crippen LogP contribution in [-0.4, -0.2) is 34.7 Å². The van der Waals surface area contributed by atoms with E-state index in [1.165, 1.54) is 0 Å². The minimum atomic E-state index is -0.00689. The van der Waals surface area contributed by atoms with Crippen molar-refractivity contribution in [2.75, 3.05) is 13.1 Å². The number of nitrogens with zero attached hydrogens (tertiary/aromatic N) is 2. The fourth-order valence-corrected chi connectivity index (χ4v) is 2.61. The number of Topliss-reactive ketones (excluding diaryl/α,β-unsaturated/α-hetero) is 1. The van der Waals surface area contributed by atoms with Crippen LogP contribution in [0.4, 0.5) is 0 Å². The quantitative estimate of drug-likeness (QED) is 0.819. The Hall–Kier alpha value is -1.23. The lowest BCUT2D eigenvalue weighted by atomic mass is 9.98. The summed E-state index contributed by atoms with van der Waals surface area (Å²) >= 11 is 1.58. The van der Waals surface area contributed by atoms with Crippen molar-refractivity contribution in [3.63, 3.8) is 0 Å². The highest BCUT2D eigenvalue weighted by Gasteiger charge is 2.26. The molecule has 92 valence electrons. The SMILES string of the molecule is C[C@@H]1CN(C(=O)CCc2nccs2)CCC1=O. The number of carbonyl (C=O) groups is 2. The lowest BCUT2D eigenvalue weighted by Crippen LogP contribution is -2.43. The Morgan fingerprint density at radius 1 is 1.65 bits per heavy atom. The summed E-state index contributed by atoms with van der Waals surface area (Å²) in [5, 5.41) is 2.92. The fourth-order valence-electron chi connectivity index (χ4n) is 1.99. The van der Waals surface area contributed by atoms with Crippen molar-refractivity contribution in [3.05, 3.63) is 16.6 Å². The van der Waals surface area contributed by atoms with Crippen LogP contribution in [0.25, 0.3) is 0 Å². The molecule has 0 radical (unpaired) electrons. The lowest BCUT2D eigenvalue weighted by molar-refractivity contribution is -0.136. The van der Waals surface area contributed by atoms with Gasteiger partial charge in [-0.15, -0.1) is 11.3 Å². The van der Waals surface area contributed by atoms with Gasteiger partial charge < -0.3 is 4.90 Å². The fraction of sp³-hybridized carbons (Fsp3) is 0.583. The van der Waals surface area contributed by atoms with E-state index in [-0.39, 0.29) is 17.6 Å². The predicted octanol–water partition coefficient (Wildman–Crippen LogP) is 1.51. The van der Waals surface area contributed by atoms with E-state index in [2.05, 4.69) is 4.98 Å². The maximum atomic E-state index is 11.9. The molecule has 2 rings (SSSR count). The largest absolute Gasteiger partial charge is 0.342 e. The Labute approximate surface area is 105 Å². The molecule has 0 spiro atoms. The maximum Gasteiger partial charge on any atom is 0.223 e.